The molecule has 6 rings (SSSR count). The van der Waals surface area contributed by atoms with Gasteiger partial charge >= 0.3 is 11.9 Å². The number of rotatable bonds is 6. The van der Waals surface area contributed by atoms with Gasteiger partial charge < -0.3 is 9.30 Å². The zero-order valence-electron chi connectivity index (χ0n) is 22.9. The van der Waals surface area contributed by atoms with Gasteiger partial charge in [-0.15, -0.1) is 10.2 Å². The molecular weight excluding hydrogens is 521 g/mol. The lowest BCUT2D eigenvalue weighted by Gasteiger charge is -2.46. The lowest BCUT2D eigenvalue weighted by molar-refractivity contribution is -0.136. The van der Waals surface area contributed by atoms with E-state index >= 15 is 0 Å². The van der Waals surface area contributed by atoms with Gasteiger partial charge in [0, 0.05) is 39.1 Å². The first-order valence-electron chi connectivity index (χ1n) is 13.7. The summed E-state index contributed by atoms with van der Waals surface area (Å²) >= 11 is 0. The molecular formula is C29H33F3N6O2. The van der Waals surface area contributed by atoms with Gasteiger partial charge in [-0.25, -0.2) is 4.79 Å². The maximum Gasteiger partial charge on any atom is 0.418 e. The van der Waals surface area contributed by atoms with Crippen LogP contribution in [0.5, 0.6) is 0 Å². The number of benzene rings is 1. The van der Waals surface area contributed by atoms with Crippen molar-refractivity contribution in [2.24, 2.45) is 13.0 Å². The standard InChI is InChI=1S/C29H33F3N6O2/c1-4-23-16-36(8-9-40-23)14-20-10-24(29(30,31)32)25-17-37(27(39)38(25)15-20)22-7-5-6-21(11-22)28(12-19(2)13-28)26-34-33-18-35(26)3/h5-7,10-11,15,17-19,23H,4,8-9,12-14,16H2,1-3H3/t19-,23-,28+/m0/s1. The summed E-state index contributed by atoms with van der Waals surface area (Å²) in [6, 6.07) is 8.66. The zero-order valence-corrected chi connectivity index (χ0v) is 22.9. The van der Waals surface area contributed by atoms with E-state index in [9.17, 15) is 18.0 Å². The van der Waals surface area contributed by atoms with Crippen molar-refractivity contribution in [3.63, 3.8) is 0 Å². The van der Waals surface area contributed by atoms with Crippen LogP contribution in [0.4, 0.5) is 13.2 Å². The molecule has 0 N–H and O–H groups in total. The largest absolute Gasteiger partial charge is 0.418 e. The molecule has 4 heterocycles. The highest BCUT2D eigenvalue weighted by atomic mass is 19.4. The van der Waals surface area contributed by atoms with Gasteiger partial charge in [0.15, 0.2) is 0 Å². The van der Waals surface area contributed by atoms with E-state index in [0.717, 1.165) is 35.1 Å². The highest BCUT2D eigenvalue weighted by Crippen LogP contribution is 2.51. The molecule has 1 saturated carbocycles. The minimum atomic E-state index is -4.62. The predicted octanol–water partition coefficient (Wildman–Crippen LogP) is 4.56. The minimum absolute atomic E-state index is 0.0548. The lowest BCUT2D eigenvalue weighted by atomic mass is 9.58. The SMILES string of the molecule is CC[C@H]1CN(Cc2cc(C(F)(F)F)c3cn(-c4cccc([C@]5(c6nncn6C)C[C@@H](C)C5)c4)c(=O)n3c2)CCO1. The Hall–Kier alpha value is -3.44. The van der Waals surface area contributed by atoms with E-state index in [1.165, 1.54) is 16.8 Å². The first kappa shape index (κ1) is 26.8. The number of morpholine rings is 1. The Morgan fingerprint density at radius 3 is 2.65 bits per heavy atom. The van der Waals surface area contributed by atoms with Gasteiger partial charge in [-0.05, 0) is 54.5 Å². The van der Waals surface area contributed by atoms with E-state index in [4.69, 9.17) is 4.74 Å². The number of ether oxygens (including phenoxy) is 1. The van der Waals surface area contributed by atoms with E-state index in [2.05, 4.69) is 22.0 Å². The molecule has 3 aromatic heterocycles. The fourth-order valence-corrected chi connectivity index (χ4v) is 6.52. The molecule has 8 nitrogen and oxygen atoms in total. The van der Waals surface area contributed by atoms with Gasteiger partial charge in [0.1, 0.15) is 12.2 Å². The van der Waals surface area contributed by atoms with Gasteiger partial charge in [-0.2, -0.15) is 13.2 Å². The maximum absolute atomic E-state index is 14.3. The van der Waals surface area contributed by atoms with E-state index < -0.39 is 17.4 Å². The summed E-state index contributed by atoms with van der Waals surface area (Å²) in [5.74, 6) is 1.33. The molecule has 0 bridgehead atoms. The van der Waals surface area contributed by atoms with Crippen molar-refractivity contribution in [3.8, 4) is 5.69 Å². The number of aryl methyl sites for hydroxylation is 1. The zero-order chi connectivity index (χ0) is 28.2. The third-order valence-electron chi connectivity index (χ3n) is 8.42. The number of hydrogen-bond donors (Lipinski definition) is 0. The van der Waals surface area contributed by atoms with E-state index in [0.29, 0.717) is 43.4 Å². The van der Waals surface area contributed by atoms with Crippen molar-refractivity contribution in [1.82, 2.24) is 28.6 Å². The van der Waals surface area contributed by atoms with E-state index in [1.807, 2.05) is 36.7 Å². The second-order valence-corrected chi connectivity index (χ2v) is 11.3. The Bertz CT molecular complexity index is 1600. The molecule has 2 fully saturated rings. The van der Waals surface area contributed by atoms with Crippen LogP contribution >= 0.6 is 0 Å². The normalized spacial score (nSPS) is 23.9. The van der Waals surface area contributed by atoms with Crippen LogP contribution in [0.15, 0.2) is 53.8 Å². The molecule has 0 spiro atoms. The molecule has 1 aliphatic heterocycles. The number of alkyl halides is 3. The summed E-state index contributed by atoms with van der Waals surface area (Å²) in [6.45, 7) is 6.33. The van der Waals surface area contributed by atoms with Crippen LogP contribution in [0.25, 0.3) is 11.2 Å². The predicted molar refractivity (Wildman–Crippen MR) is 143 cm³/mol. The quantitative estimate of drug-likeness (QED) is 0.350. The van der Waals surface area contributed by atoms with E-state index in [-0.39, 0.29) is 17.0 Å². The molecule has 1 aromatic carbocycles. The molecule has 0 radical (unpaired) electrons. The smallest absolute Gasteiger partial charge is 0.376 e. The summed E-state index contributed by atoms with van der Waals surface area (Å²) in [6.07, 6.45) is 2.53. The molecule has 11 heteroatoms. The highest BCUT2D eigenvalue weighted by molar-refractivity contribution is 5.58. The van der Waals surface area contributed by atoms with Gasteiger partial charge in [0.25, 0.3) is 0 Å². The molecule has 1 saturated heterocycles. The molecule has 1 aliphatic carbocycles. The van der Waals surface area contributed by atoms with Crippen LogP contribution in [-0.4, -0.2) is 54.4 Å². The summed E-state index contributed by atoms with van der Waals surface area (Å²) < 4.78 is 52.9. The minimum Gasteiger partial charge on any atom is -0.376 e. The molecule has 0 amide bonds. The summed E-state index contributed by atoms with van der Waals surface area (Å²) in [5.41, 5.74) is 0.0396. The average molecular weight is 555 g/mol. The fraction of sp³-hybridized carbons (Fsp3) is 0.483. The fourth-order valence-electron chi connectivity index (χ4n) is 6.52. The Balaban J connectivity index is 1.42. The Kier molecular flexibility index (Phi) is 6.61. The number of pyridine rings is 1. The van der Waals surface area contributed by atoms with Crippen LogP contribution in [0.3, 0.4) is 0 Å². The van der Waals surface area contributed by atoms with Gasteiger partial charge in [0.05, 0.1) is 34.9 Å². The molecule has 40 heavy (non-hydrogen) atoms. The number of halogens is 3. The van der Waals surface area contributed by atoms with Crippen LogP contribution in [0.2, 0.25) is 0 Å². The molecule has 212 valence electrons. The summed E-state index contributed by atoms with van der Waals surface area (Å²) in [7, 11) is 1.91. The molecule has 0 unspecified atom stereocenters. The number of imidazole rings is 1. The van der Waals surface area contributed by atoms with Crippen molar-refractivity contribution in [2.75, 3.05) is 19.7 Å². The van der Waals surface area contributed by atoms with Gasteiger partial charge in [0.2, 0.25) is 0 Å². The highest BCUT2D eigenvalue weighted by Gasteiger charge is 2.48. The van der Waals surface area contributed by atoms with Crippen LogP contribution < -0.4 is 5.69 Å². The van der Waals surface area contributed by atoms with Crippen LogP contribution in [0.1, 0.15) is 55.6 Å². The first-order chi connectivity index (χ1) is 19.1. The third kappa shape index (κ3) is 4.54. The van der Waals surface area contributed by atoms with Crippen molar-refractivity contribution < 1.29 is 17.9 Å². The Labute approximate surface area is 230 Å². The maximum atomic E-state index is 14.3. The van der Waals surface area contributed by atoms with Crippen molar-refractivity contribution in [1.29, 1.82) is 0 Å². The second kappa shape index (κ2) is 9.88. The molecule has 2 aliphatic rings. The second-order valence-electron chi connectivity index (χ2n) is 11.3. The summed E-state index contributed by atoms with van der Waals surface area (Å²) in [4.78, 5) is 15.7. The van der Waals surface area contributed by atoms with Crippen LogP contribution in [-0.2, 0) is 29.9 Å². The third-order valence-corrected chi connectivity index (χ3v) is 8.42. The van der Waals surface area contributed by atoms with Crippen molar-refractivity contribution in [2.45, 2.75) is 57.3 Å². The van der Waals surface area contributed by atoms with Crippen LogP contribution in [0, 0.1) is 5.92 Å². The first-order valence-corrected chi connectivity index (χ1v) is 13.7. The molecule has 1 atom stereocenters. The monoisotopic (exact) mass is 554 g/mol. The summed E-state index contributed by atoms with van der Waals surface area (Å²) in [5, 5.41) is 8.46. The average Bonchev–Trinajstić information content (AvgIpc) is 3.49. The van der Waals surface area contributed by atoms with Crippen molar-refractivity contribution >= 4 is 5.52 Å². The molecule has 4 aromatic rings. The Morgan fingerprint density at radius 1 is 1.18 bits per heavy atom. The number of fused-ring (bicyclic) bond motifs is 1. The Morgan fingerprint density at radius 2 is 1.98 bits per heavy atom. The number of hydrogen-bond acceptors (Lipinski definition) is 5. The van der Waals surface area contributed by atoms with E-state index in [1.54, 1.807) is 18.6 Å². The number of nitrogens with zero attached hydrogens (tertiary/aromatic N) is 6. The van der Waals surface area contributed by atoms with Gasteiger partial charge in [-0.3, -0.25) is 13.9 Å². The topological polar surface area (TPSA) is 69.6 Å². The van der Waals surface area contributed by atoms with Crippen molar-refractivity contribution in [3.05, 3.63) is 82.1 Å². The lowest BCUT2D eigenvalue weighted by Crippen LogP contribution is -2.43. The van der Waals surface area contributed by atoms with Gasteiger partial charge in [-0.1, -0.05) is 26.0 Å². The number of aromatic nitrogens is 5.